The number of nitrogens with one attached hydrogen (secondary N) is 1. The molecule has 0 radical (unpaired) electrons. The molecule has 2 fully saturated rings. The average molecular weight is 466 g/mol. The molecule has 0 bridgehead atoms. The van der Waals surface area contributed by atoms with Gasteiger partial charge in [-0.15, -0.1) is 11.3 Å². The van der Waals surface area contributed by atoms with E-state index in [-0.39, 0.29) is 35.3 Å². The molecule has 2 heterocycles. The second kappa shape index (κ2) is 8.67. The summed E-state index contributed by atoms with van der Waals surface area (Å²) in [5.74, 6) is -0.280. The minimum atomic E-state index is -0.161. The molecule has 1 aromatic heterocycles. The number of aromatic nitrogens is 1. The number of fused-ring (bicyclic) bond motifs is 2. The number of amides is 3. The highest BCUT2D eigenvalue weighted by atomic mass is 32.2. The van der Waals surface area contributed by atoms with E-state index in [1.807, 2.05) is 43.3 Å². The summed E-state index contributed by atoms with van der Waals surface area (Å²) in [5.41, 5.74) is 3.34. The molecule has 2 aromatic carbocycles. The number of hydrogen-bond acceptors (Lipinski definition) is 6. The molecule has 1 aliphatic heterocycles. The summed E-state index contributed by atoms with van der Waals surface area (Å²) in [6, 6.07) is 13.2. The van der Waals surface area contributed by atoms with Crippen molar-refractivity contribution in [2.75, 3.05) is 16.0 Å². The van der Waals surface area contributed by atoms with Crippen LogP contribution in [0, 0.1) is 18.8 Å². The van der Waals surface area contributed by atoms with Crippen LogP contribution in [0.3, 0.4) is 0 Å². The van der Waals surface area contributed by atoms with Crippen LogP contribution in [-0.2, 0) is 14.4 Å². The molecule has 1 saturated carbocycles. The van der Waals surface area contributed by atoms with Crippen molar-refractivity contribution in [2.24, 2.45) is 11.8 Å². The van der Waals surface area contributed by atoms with Crippen molar-refractivity contribution in [3.8, 4) is 0 Å². The topological polar surface area (TPSA) is 79.4 Å². The van der Waals surface area contributed by atoms with Gasteiger partial charge >= 0.3 is 0 Å². The molecule has 3 amide bonds. The van der Waals surface area contributed by atoms with Gasteiger partial charge in [0.2, 0.25) is 17.7 Å². The van der Waals surface area contributed by atoms with Gasteiger partial charge in [0.05, 0.1) is 33.5 Å². The molecule has 2 atom stereocenters. The van der Waals surface area contributed by atoms with Gasteiger partial charge in [0.25, 0.3) is 0 Å². The number of thioether (sulfide) groups is 1. The van der Waals surface area contributed by atoms with E-state index in [1.165, 1.54) is 28.0 Å². The normalized spacial score (nSPS) is 20.6. The lowest BCUT2D eigenvalue weighted by atomic mass is 9.81. The van der Waals surface area contributed by atoms with E-state index in [0.29, 0.717) is 5.69 Å². The second-order valence-electron chi connectivity index (χ2n) is 8.34. The van der Waals surface area contributed by atoms with Crippen LogP contribution in [0.25, 0.3) is 10.2 Å². The van der Waals surface area contributed by atoms with Gasteiger partial charge in [-0.1, -0.05) is 42.3 Å². The summed E-state index contributed by atoms with van der Waals surface area (Å²) in [5, 5.41) is 2.89. The minimum absolute atomic E-state index is 0.0639. The van der Waals surface area contributed by atoms with Crippen LogP contribution < -0.4 is 10.2 Å². The van der Waals surface area contributed by atoms with Gasteiger partial charge in [0.1, 0.15) is 0 Å². The van der Waals surface area contributed by atoms with E-state index in [0.717, 1.165) is 51.5 Å². The monoisotopic (exact) mass is 465 g/mol. The average Bonchev–Trinajstić information content (AvgIpc) is 3.32. The van der Waals surface area contributed by atoms with Crippen LogP contribution in [0.2, 0.25) is 0 Å². The minimum Gasteiger partial charge on any atom is -0.325 e. The maximum atomic E-state index is 12.9. The number of carbonyl (C=O) groups excluding carboxylic acids is 3. The van der Waals surface area contributed by atoms with Crippen LogP contribution >= 0.6 is 23.1 Å². The van der Waals surface area contributed by atoms with Crippen LogP contribution in [0.5, 0.6) is 0 Å². The van der Waals surface area contributed by atoms with Crippen molar-refractivity contribution in [3.05, 3.63) is 48.0 Å². The van der Waals surface area contributed by atoms with Crippen LogP contribution in [0.1, 0.15) is 31.2 Å². The van der Waals surface area contributed by atoms with Gasteiger partial charge in [0.15, 0.2) is 4.34 Å². The summed E-state index contributed by atoms with van der Waals surface area (Å²) < 4.78 is 1.68. The van der Waals surface area contributed by atoms with Crippen molar-refractivity contribution in [2.45, 2.75) is 36.9 Å². The molecule has 2 aliphatic rings. The standard InChI is InChI=1S/C24H23N3O3S2/c1-14-6-8-15(9-7-14)25-21(28)13-31-24-26-19-11-10-16(12-20(19)32-24)27-22(29)17-4-2-3-5-18(17)23(27)30/h6-12,17-18H,2-5,13H2,1H3,(H,25,28)/t17-,18+. The van der Waals surface area contributed by atoms with E-state index in [9.17, 15) is 14.4 Å². The van der Waals surface area contributed by atoms with Gasteiger partial charge < -0.3 is 5.32 Å². The summed E-state index contributed by atoms with van der Waals surface area (Å²) >= 11 is 2.85. The lowest BCUT2D eigenvalue weighted by Crippen LogP contribution is -2.30. The Morgan fingerprint density at radius 1 is 1.09 bits per heavy atom. The number of rotatable bonds is 5. The van der Waals surface area contributed by atoms with Crippen molar-refractivity contribution in [3.63, 3.8) is 0 Å². The van der Waals surface area contributed by atoms with Crippen LogP contribution in [0.15, 0.2) is 46.8 Å². The Morgan fingerprint density at radius 2 is 1.78 bits per heavy atom. The summed E-state index contributed by atoms with van der Waals surface area (Å²) in [6.45, 7) is 2.00. The lowest BCUT2D eigenvalue weighted by Gasteiger charge is -2.19. The molecule has 32 heavy (non-hydrogen) atoms. The largest absolute Gasteiger partial charge is 0.325 e. The number of imide groups is 1. The van der Waals surface area contributed by atoms with Crippen LogP contribution in [-0.4, -0.2) is 28.5 Å². The fourth-order valence-corrected chi connectivity index (χ4v) is 6.37. The van der Waals surface area contributed by atoms with E-state index >= 15 is 0 Å². The number of carbonyl (C=O) groups is 3. The van der Waals surface area contributed by atoms with Crippen molar-refractivity contribution < 1.29 is 14.4 Å². The molecule has 1 saturated heterocycles. The smallest absolute Gasteiger partial charge is 0.237 e. The predicted octanol–water partition coefficient (Wildman–Crippen LogP) is 5.02. The third-order valence-corrected chi connectivity index (χ3v) is 8.27. The number of aryl methyl sites for hydroxylation is 1. The van der Waals surface area contributed by atoms with Gasteiger partial charge in [0, 0.05) is 5.69 Å². The number of anilines is 2. The molecule has 164 valence electrons. The second-order valence-corrected chi connectivity index (χ2v) is 10.6. The molecular weight excluding hydrogens is 442 g/mol. The molecule has 5 rings (SSSR count). The van der Waals surface area contributed by atoms with E-state index in [2.05, 4.69) is 10.3 Å². The Balaban J connectivity index is 1.28. The Bertz CT molecular complexity index is 1180. The van der Waals surface area contributed by atoms with Gasteiger partial charge in [-0.3, -0.25) is 19.3 Å². The quantitative estimate of drug-likeness (QED) is 0.423. The lowest BCUT2D eigenvalue weighted by molar-refractivity contribution is -0.122. The zero-order chi connectivity index (χ0) is 22.2. The highest BCUT2D eigenvalue weighted by Crippen LogP contribution is 2.41. The molecular formula is C24H23N3O3S2. The first kappa shape index (κ1) is 21.2. The number of benzene rings is 2. The summed E-state index contributed by atoms with van der Waals surface area (Å²) in [6.07, 6.45) is 3.64. The summed E-state index contributed by atoms with van der Waals surface area (Å²) in [4.78, 5) is 44.0. The van der Waals surface area contributed by atoms with E-state index in [4.69, 9.17) is 0 Å². The van der Waals surface area contributed by atoms with Gasteiger partial charge in [-0.2, -0.15) is 0 Å². The third kappa shape index (κ3) is 4.04. The molecule has 8 heteroatoms. The Hall–Kier alpha value is -2.71. The maximum absolute atomic E-state index is 12.9. The fraction of sp³-hybridized carbons (Fsp3) is 0.333. The Labute approximate surface area is 194 Å². The molecule has 1 N–H and O–H groups in total. The van der Waals surface area contributed by atoms with E-state index < -0.39 is 0 Å². The molecule has 0 spiro atoms. The number of nitrogens with zero attached hydrogens (tertiary/aromatic N) is 2. The van der Waals surface area contributed by atoms with Gasteiger partial charge in [-0.05, 0) is 50.1 Å². The zero-order valence-electron chi connectivity index (χ0n) is 17.7. The molecule has 0 unspecified atom stereocenters. The first-order valence-corrected chi connectivity index (χ1v) is 12.6. The highest BCUT2D eigenvalue weighted by molar-refractivity contribution is 8.01. The van der Waals surface area contributed by atoms with E-state index in [1.54, 1.807) is 6.07 Å². The fourth-order valence-electron chi connectivity index (χ4n) is 4.47. The number of thiazole rings is 1. The molecule has 3 aromatic rings. The first-order valence-electron chi connectivity index (χ1n) is 10.8. The summed E-state index contributed by atoms with van der Waals surface area (Å²) in [7, 11) is 0. The van der Waals surface area contributed by atoms with Crippen molar-refractivity contribution in [1.29, 1.82) is 0 Å². The molecule has 1 aliphatic carbocycles. The zero-order valence-corrected chi connectivity index (χ0v) is 19.3. The van der Waals surface area contributed by atoms with Crippen molar-refractivity contribution >= 4 is 62.4 Å². The Kier molecular flexibility index (Phi) is 5.73. The number of hydrogen-bond donors (Lipinski definition) is 1. The van der Waals surface area contributed by atoms with Crippen molar-refractivity contribution in [1.82, 2.24) is 4.98 Å². The highest BCUT2D eigenvalue weighted by Gasteiger charge is 2.48. The first-order chi connectivity index (χ1) is 15.5. The SMILES string of the molecule is Cc1ccc(NC(=O)CSc2nc3ccc(N4C(=O)[C@H]5CCCC[C@H]5C4=O)cc3s2)cc1. The van der Waals surface area contributed by atoms with Gasteiger partial charge in [-0.25, -0.2) is 4.98 Å². The molecule has 6 nitrogen and oxygen atoms in total. The Morgan fingerprint density at radius 3 is 2.47 bits per heavy atom. The predicted molar refractivity (Wildman–Crippen MR) is 128 cm³/mol. The third-order valence-electron chi connectivity index (χ3n) is 6.11. The maximum Gasteiger partial charge on any atom is 0.237 e. The van der Waals surface area contributed by atoms with Crippen LogP contribution in [0.4, 0.5) is 11.4 Å².